The van der Waals surface area contributed by atoms with Crippen LogP contribution in [-0.4, -0.2) is 16.2 Å². The number of phenolic OH excluding ortho intramolecular Hbond substituents is 2. The van der Waals surface area contributed by atoms with Gasteiger partial charge in [-0.05, 0) is 42.3 Å². The minimum atomic E-state index is -0.521. The highest BCUT2D eigenvalue weighted by atomic mass is 16.5. The van der Waals surface area contributed by atoms with E-state index < -0.39 is 5.97 Å². The molecular weight excluding hydrogens is 304 g/mol. The number of benzene rings is 2. The maximum atomic E-state index is 11.7. The van der Waals surface area contributed by atoms with Gasteiger partial charge in [0.25, 0.3) is 0 Å². The first-order valence-corrected chi connectivity index (χ1v) is 7.39. The predicted octanol–water partition coefficient (Wildman–Crippen LogP) is 4.31. The average Bonchev–Trinajstić information content (AvgIpc) is 2.54. The van der Waals surface area contributed by atoms with Crippen LogP contribution in [0.5, 0.6) is 17.2 Å². The zero-order valence-electron chi connectivity index (χ0n) is 13.2. The molecule has 2 rings (SSSR count). The predicted molar refractivity (Wildman–Crippen MR) is 94.7 cm³/mol. The van der Waals surface area contributed by atoms with Crippen LogP contribution in [-0.2, 0) is 4.79 Å². The van der Waals surface area contributed by atoms with Crippen LogP contribution in [0.15, 0.2) is 66.8 Å². The molecule has 0 amide bonds. The monoisotopic (exact) mass is 322 g/mol. The molecule has 2 aromatic rings. The third-order valence-corrected chi connectivity index (χ3v) is 3.03. The van der Waals surface area contributed by atoms with Crippen LogP contribution in [0.25, 0.3) is 12.2 Å². The standard InChI is InChI=1S/C20H18O4/c1-2-3-4-5-20(23)24-19-13-16(12-18(22)14-19)7-6-15-8-10-17(21)11-9-15/h2-14,21-22H,1H3/b3-2+,5-4+,7-6?. The first-order valence-electron chi connectivity index (χ1n) is 7.39. The molecular formula is C20H18O4. The molecule has 4 nitrogen and oxygen atoms in total. The Morgan fingerprint density at radius 1 is 0.917 bits per heavy atom. The third kappa shape index (κ3) is 5.50. The van der Waals surface area contributed by atoms with Gasteiger partial charge in [0.1, 0.15) is 17.2 Å². The normalized spacial score (nSPS) is 11.5. The van der Waals surface area contributed by atoms with Crippen LogP contribution in [0, 0.1) is 0 Å². The highest BCUT2D eigenvalue weighted by Gasteiger charge is 2.03. The molecule has 0 aliphatic carbocycles. The summed E-state index contributed by atoms with van der Waals surface area (Å²) in [6.45, 7) is 1.84. The number of aromatic hydroxyl groups is 2. The van der Waals surface area contributed by atoms with Crippen molar-refractivity contribution in [2.24, 2.45) is 0 Å². The molecule has 0 aromatic heterocycles. The second-order valence-electron chi connectivity index (χ2n) is 4.99. The Balaban J connectivity index is 2.13. The maximum Gasteiger partial charge on any atom is 0.336 e. The van der Waals surface area contributed by atoms with Crippen molar-refractivity contribution in [3.05, 3.63) is 77.9 Å². The summed E-state index contributed by atoms with van der Waals surface area (Å²) >= 11 is 0. The van der Waals surface area contributed by atoms with E-state index in [0.29, 0.717) is 5.56 Å². The van der Waals surface area contributed by atoms with Crippen LogP contribution in [0.4, 0.5) is 0 Å². The van der Waals surface area contributed by atoms with Gasteiger partial charge in [-0.1, -0.05) is 42.5 Å². The number of carbonyl (C=O) groups excluding carboxylic acids is 1. The molecule has 0 aliphatic heterocycles. The van der Waals surface area contributed by atoms with E-state index in [9.17, 15) is 15.0 Å². The fraction of sp³-hybridized carbons (Fsp3) is 0.0500. The summed E-state index contributed by atoms with van der Waals surface area (Å²) in [7, 11) is 0. The lowest BCUT2D eigenvalue weighted by molar-refractivity contribution is -0.128. The first kappa shape index (κ1) is 17.1. The maximum absolute atomic E-state index is 11.7. The largest absolute Gasteiger partial charge is 0.508 e. The van der Waals surface area contributed by atoms with E-state index in [2.05, 4.69) is 0 Å². The first-order chi connectivity index (χ1) is 11.6. The molecule has 0 heterocycles. The molecule has 122 valence electrons. The molecule has 0 aliphatic rings. The molecule has 2 aromatic carbocycles. The van der Waals surface area contributed by atoms with Gasteiger partial charge in [0, 0.05) is 12.1 Å². The molecule has 2 N–H and O–H groups in total. The summed E-state index contributed by atoms with van der Waals surface area (Å²) in [5.74, 6) is -0.0598. The van der Waals surface area contributed by atoms with Gasteiger partial charge < -0.3 is 14.9 Å². The van der Waals surface area contributed by atoms with Crippen LogP contribution in [0.1, 0.15) is 18.1 Å². The van der Waals surface area contributed by atoms with Crippen LogP contribution in [0.3, 0.4) is 0 Å². The number of allylic oxidation sites excluding steroid dienone is 3. The number of hydrogen-bond acceptors (Lipinski definition) is 4. The van der Waals surface area contributed by atoms with Gasteiger partial charge in [-0.15, -0.1) is 0 Å². The van der Waals surface area contributed by atoms with Crippen molar-refractivity contribution >= 4 is 18.1 Å². The lowest BCUT2D eigenvalue weighted by Gasteiger charge is -2.04. The minimum absolute atomic E-state index is 0.00286. The SMILES string of the molecule is C/C=C/C=C/C(=O)Oc1cc(O)cc(C=Cc2ccc(O)cc2)c1. The average molecular weight is 322 g/mol. The summed E-state index contributed by atoms with van der Waals surface area (Å²) in [5, 5.41) is 19.0. The number of esters is 1. The fourth-order valence-corrected chi connectivity index (χ4v) is 1.93. The topological polar surface area (TPSA) is 66.8 Å². The Bertz CT molecular complexity index is 784. The second-order valence-corrected chi connectivity index (χ2v) is 4.99. The summed E-state index contributed by atoms with van der Waals surface area (Å²) in [5.41, 5.74) is 1.58. The Labute approximate surface area is 140 Å². The summed E-state index contributed by atoms with van der Waals surface area (Å²) in [6, 6.07) is 11.3. The van der Waals surface area contributed by atoms with Crippen molar-refractivity contribution in [2.45, 2.75) is 6.92 Å². The van der Waals surface area contributed by atoms with Crippen LogP contribution < -0.4 is 4.74 Å². The molecule has 0 spiro atoms. The van der Waals surface area contributed by atoms with E-state index in [4.69, 9.17) is 4.74 Å². The molecule has 0 radical (unpaired) electrons. The number of rotatable bonds is 5. The zero-order chi connectivity index (χ0) is 17.4. The van der Waals surface area contributed by atoms with Crippen LogP contribution >= 0.6 is 0 Å². The number of hydrogen-bond donors (Lipinski definition) is 2. The van der Waals surface area contributed by atoms with Crippen LogP contribution in [0.2, 0.25) is 0 Å². The van der Waals surface area contributed by atoms with E-state index in [1.165, 1.54) is 12.1 Å². The van der Waals surface area contributed by atoms with Crippen molar-refractivity contribution in [3.8, 4) is 17.2 Å². The molecule has 0 bridgehead atoms. The Morgan fingerprint density at radius 2 is 1.62 bits per heavy atom. The van der Waals surface area contributed by atoms with Gasteiger partial charge in [0.05, 0.1) is 0 Å². The Morgan fingerprint density at radius 3 is 2.33 bits per heavy atom. The Hall–Kier alpha value is -3.27. The summed E-state index contributed by atoms with van der Waals surface area (Å²) in [4.78, 5) is 11.7. The molecule has 0 atom stereocenters. The number of phenols is 2. The lowest BCUT2D eigenvalue weighted by atomic mass is 10.1. The lowest BCUT2D eigenvalue weighted by Crippen LogP contribution is -2.03. The molecule has 0 saturated heterocycles. The van der Waals surface area contributed by atoms with Gasteiger partial charge in [0.15, 0.2) is 0 Å². The van der Waals surface area contributed by atoms with Crippen molar-refractivity contribution < 1.29 is 19.7 Å². The van der Waals surface area contributed by atoms with Gasteiger partial charge in [-0.2, -0.15) is 0 Å². The number of ether oxygens (including phenoxy) is 1. The van der Waals surface area contributed by atoms with Gasteiger partial charge in [-0.3, -0.25) is 0 Å². The summed E-state index contributed by atoms with van der Waals surface area (Å²) < 4.78 is 5.16. The van der Waals surface area contributed by atoms with Crippen molar-refractivity contribution in [1.29, 1.82) is 0 Å². The molecule has 0 unspecified atom stereocenters. The highest BCUT2D eigenvalue weighted by molar-refractivity contribution is 5.84. The molecule has 0 fully saturated rings. The fourth-order valence-electron chi connectivity index (χ4n) is 1.93. The highest BCUT2D eigenvalue weighted by Crippen LogP contribution is 2.24. The van der Waals surface area contributed by atoms with E-state index in [1.807, 2.05) is 13.0 Å². The molecule has 24 heavy (non-hydrogen) atoms. The van der Waals surface area contributed by atoms with Crippen molar-refractivity contribution in [2.75, 3.05) is 0 Å². The van der Waals surface area contributed by atoms with E-state index in [1.54, 1.807) is 60.7 Å². The van der Waals surface area contributed by atoms with E-state index in [0.717, 1.165) is 5.56 Å². The van der Waals surface area contributed by atoms with E-state index in [-0.39, 0.29) is 17.2 Å². The molecule has 4 heteroatoms. The van der Waals surface area contributed by atoms with Crippen molar-refractivity contribution in [3.63, 3.8) is 0 Å². The van der Waals surface area contributed by atoms with Crippen molar-refractivity contribution in [1.82, 2.24) is 0 Å². The van der Waals surface area contributed by atoms with Gasteiger partial charge >= 0.3 is 5.97 Å². The Kier molecular flexibility index (Phi) is 5.97. The van der Waals surface area contributed by atoms with Gasteiger partial charge in [0.2, 0.25) is 0 Å². The van der Waals surface area contributed by atoms with E-state index >= 15 is 0 Å². The van der Waals surface area contributed by atoms with Gasteiger partial charge in [-0.25, -0.2) is 4.79 Å². The minimum Gasteiger partial charge on any atom is -0.508 e. The quantitative estimate of drug-likeness (QED) is 0.283. The summed E-state index contributed by atoms with van der Waals surface area (Å²) in [6.07, 6.45) is 10.00. The smallest absolute Gasteiger partial charge is 0.336 e. The zero-order valence-corrected chi connectivity index (χ0v) is 13.2. The number of carbonyl (C=O) groups is 1. The molecule has 0 saturated carbocycles. The second kappa shape index (κ2) is 8.39. The third-order valence-electron chi connectivity index (χ3n) is 3.03.